The Bertz CT molecular complexity index is 941. The van der Waals surface area contributed by atoms with Crippen LogP contribution in [0.5, 0.6) is 0 Å². The van der Waals surface area contributed by atoms with E-state index in [0.717, 1.165) is 36.9 Å². The molecule has 0 spiro atoms. The smallest absolute Gasteiger partial charge is 0.193 e. The number of benzene rings is 1. The lowest BCUT2D eigenvalue weighted by Crippen LogP contribution is -2.47. The number of halogens is 1. The first-order valence-corrected chi connectivity index (χ1v) is 10.2. The molecular formula is C23H29IN6. The highest BCUT2D eigenvalue weighted by atomic mass is 127. The van der Waals surface area contributed by atoms with E-state index < -0.39 is 0 Å². The predicted octanol–water partition coefficient (Wildman–Crippen LogP) is 4.09. The third-order valence-electron chi connectivity index (χ3n) is 5.64. The van der Waals surface area contributed by atoms with Crippen LogP contribution in [0.4, 0.5) is 0 Å². The lowest BCUT2D eigenvalue weighted by Gasteiger charge is -2.39. The van der Waals surface area contributed by atoms with Gasteiger partial charge in [0.25, 0.3) is 0 Å². The molecule has 2 aromatic heterocycles. The average molecular weight is 516 g/mol. The Labute approximate surface area is 195 Å². The molecule has 30 heavy (non-hydrogen) atoms. The van der Waals surface area contributed by atoms with Crippen LogP contribution in [0.1, 0.15) is 30.4 Å². The monoisotopic (exact) mass is 516 g/mol. The summed E-state index contributed by atoms with van der Waals surface area (Å²) in [6.45, 7) is 5.07. The fourth-order valence-electron chi connectivity index (χ4n) is 4.15. The van der Waals surface area contributed by atoms with Crippen LogP contribution in [-0.4, -0.2) is 45.8 Å². The minimum atomic E-state index is 0. The van der Waals surface area contributed by atoms with E-state index in [-0.39, 0.29) is 24.0 Å². The predicted molar refractivity (Wildman–Crippen MR) is 132 cm³/mol. The van der Waals surface area contributed by atoms with Crippen LogP contribution in [0.25, 0.3) is 5.82 Å². The van der Waals surface area contributed by atoms with Gasteiger partial charge < -0.3 is 10.2 Å². The molecule has 3 heterocycles. The zero-order valence-electron chi connectivity index (χ0n) is 17.5. The van der Waals surface area contributed by atoms with E-state index in [4.69, 9.17) is 0 Å². The molecule has 3 aromatic rings. The van der Waals surface area contributed by atoms with Gasteiger partial charge in [-0.15, -0.1) is 24.0 Å². The first-order chi connectivity index (χ1) is 14.2. The molecule has 0 radical (unpaired) electrons. The molecular weight excluding hydrogens is 487 g/mol. The number of nitrogens with zero attached hydrogens (tertiary/aromatic N) is 5. The molecule has 1 aliphatic rings. The van der Waals surface area contributed by atoms with Gasteiger partial charge in [0, 0.05) is 45.3 Å². The number of guanidine groups is 1. The van der Waals surface area contributed by atoms with Gasteiger partial charge >= 0.3 is 0 Å². The van der Waals surface area contributed by atoms with E-state index in [1.54, 1.807) is 10.9 Å². The summed E-state index contributed by atoms with van der Waals surface area (Å²) in [6, 6.07) is 16.9. The minimum absolute atomic E-state index is 0. The summed E-state index contributed by atoms with van der Waals surface area (Å²) in [5.74, 6) is 2.97. The van der Waals surface area contributed by atoms with E-state index in [1.165, 1.54) is 5.56 Å². The highest BCUT2D eigenvalue weighted by Gasteiger charge is 2.28. The standard InChI is InChI=1S/C23H28N6.HI/c1-18-17-28(14-10-21(18)20-7-4-3-5-8-20)23(24-2)26-16-19-9-12-25-22(15-19)29-13-6-11-27-29;/h3-9,11-13,15,18,21H,10,14,16-17H2,1-2H3,(H,24,26);1H. The maximum Gasteiger partial charge on any atom is 0.193 e. The van der Waals surface area contributed by atoms with Crippen molar-refractivity contribution in [3.8, 4) is 5.82 Å². The van der Waals surface area contributed by atoms with Crippen molar-refractivity contribution in [2.24, 2.45) is 10.9 Å². The van der Waals surface area contributed by atoms with Gasteiger partial charge in [0.1, 0.15) is 0 Å². The highest BCUT2D eigenvalue weighted by Crippen LogP contribution is 2.32. The molecule has 2 unspecified atom stereocenters. The van der Waals surface area contributed by atoms with E-state index in [9.17, 15) is 0 Å². The Kier molecular flexibility index (Phi) is 7.84. The first-order valence-electron chi connectivity index (χ1n) is 10.2. The van der Waals surface area contributed by atoms with E-state index in [2.05, 4.69) is 68.6 Å². The number of nitrogens with one attached hydrogen (secondary N) is 1. The molecule has 7 heteroatoms. The number of piperidine rings is 1. The van der Waals surface area contributed by atoms with Gasteiger partial charge in [-0.25, -0.2) is 9.67 Å². The van der Waals surface area contributed by atoms with Crippen LogP contribution in [0.15, 0.2) is 72.1 Å². The van der Waals surface area contributed by atoms with Crippen molar-refractivity contribution in [2.45, 2.75) is 25.8 Å². The summed E-state index contributed by atoms with van der Waals surface area (Å²) >= 11 is 0. The zero-order chi connectivity index (χ0) is 20.1. The Balaban J connectivity index is 0.00000256. The minimum Gasteiger partial charge on any atom is -0.352 e. The molecule has 1 saturated heterocycles. The number of hydrogen-bond donors (Lipinski definition) is 1. The zero-order valence-corrected chi connectivity index (χ0v) is 19.8. The molecule has 0 bridgehead atoms. The normalized spacial score (nSPS) is 19.3. The van der Waals surface area contributed by atoms with Crippen molar-refractivity contribution < 1.29 is 0 Å². The van der Waals surface area contributed by atoms with Crippen LogP contribution < -0.4 is 5.32 Å². The molecule has 1 aliphatic heterocycles. The molecule has 158 valence electrons. The molecule has 1 aromatic carbocycles. The Hall–Kier alpha value is -2.42. The SMILES string of the molecule is CN=C(NCc1ccnc(-n2cccn2)c1)N1CCC(c2ccccc2)C(C)C1.I. The number of likely N-dealkylation sites (tertiary alicyclic amines) is 1. The maximum absolute atomic E-state index is 4.53. The third kappa shape index (κ3) is 5.19. The molecule has 0 saturated carbocycles. The fourth-order valence-corrected chi connectivity index (χ4v) is 4.15. The van der Waals surface area contributed by atoms with Gasteiger partial charge in [0.2, 0.25) is 0 Å². The number of pyridine rings is 1. The second-order valence-corrected chi connectivity index (χ2v) is 7.60. The van der Waals surface area contributed by atoms with Gasteiger partial charge in [-0.3, -0.25) is 4.99 Å². The van der Waals surface area contributed by atoms with Crippen molar-refractivity contribution in [1.82, 2.24) is 25.0 Å². The number of hydrogen-bond acceptors (Lipinski definition) is 3. The van der Waals surface area contributed by atoms with E-state index in [1.807, 2.05) is 31.6 Å². The third-order valence-corrected chi connectivity index (χ3v) is 5.64. The van der Waals surface area contributed by atoms with Crippen LogP contribution in [0.3, 0.4) is 0 Å². The summed E-state index contributed by atoms with van der Waals surface area (Å²) in [5.41, 5.74) is 2.60. The van der Waals surface area contributed by atoms with E-state index in [0.29, 0.717) is 18.4 Å². The van der Waals surface area contributed by atoms with Gasteiger partial charge in [-0.1, -0.05) is 37.3 Å². The fraction of sp³-hybridized carbons (Fsp3) is 0.348. The first kappa shape index (κ1) is 22.3. The molecule has 1 N–H and O–H groups in total. The van der Waals surface area contributed by atoms with Crippen LogP contribution in [-0.2, 0) is 6.54 Å². The largest absolute Gasteiger partial charge is 0.352 e. The molecule has 0 amide bonds. The van der Waals surface area contributed by atoms with Crippen molar-refractivity contribution in [1.29, 1.82) is 0 Å². The second-order valence-electron chi connectivity index (χ2n) is 7.60. The summed E-state index contributed by atoms with van der Waals surface area (Å²) in [7, 11) is 1.86. The lowest BCUT2D eigenvalue weighted by atomic mass is 9.82. The van der Waals surface area contributed by atoms with Crippen LogP contribution in [0.2, 0.25) is 0 Å². The molecule has 2 atom stereocenters. The highest BCUT2D eigenvalue weighted by molar-refractivity contribution is 14.0. The Morgan fingerprint density at radius 3 is 2.70 bits per heavy atom. The number of aromatic nitrogens is 3. The molecule has 0 aliphatic carbocycles. The van der Waals surface area contributed by atoms with E-state index >= 15 is 0 Å². The van der Waals surface area contributed by atoms with Gasteiger partial charge in [0.15, 0.2) is 11.8 Å². The molecule has 4 rings (SSSR count). The topological polar surface area (TPSA) is 58.3 Å². The van der Waals surface area contributed by atoms with Crippen LogP contribution in [0, 0.1) is 5.92 Å². The lowest BCUT2D eigenvalue weighted by molar-refractivity contribution is 0.234. The van der Waals surface area contributed by atoms with Gasteiger partial charge in [-0.05, 0) is 47.6 Å². The van der Waals surface area contributed by atoms with Crippen LogP contribution >= 0.6 is 24.0 Å². The van der Waals surface area contributed by atoms with Crippen molar-refractivity contribution in [2.75, 3.05) is 20.1 Å². The summed E-state index contributed by atoms with van der Waals surface area (Å²) in [5, 5.41) is 7.78. The summed E-state index contributed by atoms with van der Waals surface area (Å²) in [6.07, 6.45) is 6.63. The molecule has 1 fully saturated rings. The molecule has 6 nitrogen and oxygen atoms in total. The van der Waals surface area contributed by atoms with Crippen molar-refractivity contribution in [3.05, 3.63) is 78.2 Å². The summed E-state index contributed by atoms with van der Waals surface area (Å²) in [4.78, 5) is 11.3. The Morgan fingerprint density at radius 1 is 1.17 bits per heavy atom. The van der Waals surface area contributed by atoms with Crippen molar-refractivity contribution in [3.63, 3.8) is 0 Å². The quantitative estimate of drug-likeness (QED) is 0.323. The van der Waals surface area contributed by atoms with Gasteiger partial charge in [-0.2, -0.15) is 5.10 Å². The maximum atomic E-state index is 4.53. The average Bonchev–Trinajstić information content (AvgIpc) is 3.30. The summed E-state index contributed by atoms with van der Waals surface area (Å²) < 4.78 is 1.77. The Morgan fingerprint density at radius 2 is 2.00 bits per heavy atom. The number of aliphatic imine (C=N–C) groups is 1. The second kappa shape index (κ2) is 10.6. The van der Waals surface area contributed by atoms with Crippen molar-refractivity contribution >= 4 is 29.9 Å². The van der Waals surface area contributed by atoms with Gasteiger partial charge in [0.05, 0.1) is 0 Å². The number of rotatable bonds is 4.